The first-order valence-electron chi connectivity index (χ1n) is 11.4. The highest BCUT2D eigenvalue weighted by Crippen LogP contribution is 2.45. The molecule has 0 aliphatic carbocycles. The molecule has 0 bridgehead atoms. The second kappa shape index (κ2) is 8.78. The van der Waals surface area contributed by atoms with Gasteiger partial charge in [-0.25, -0.2) is 0 Å². The number of amides is 2. The Balaban J connectivity index is 1.67. The Morgan fingerprint density at radius 2 is 1.74 bits per heavy atom. The third-order valence-electron chi connectivity index (χ3n) is 6.85. The fraction of sp³-hybridized carbons (Fsp3) is 0.214. The van der Waals surface area contributed by atoms with Crippen molar-refractivity contribution in [2.45, 2.75) is 18.9 Å². The number of hydrogen-bond acceptors (Lipinski definition) is 3. The first-order valence-corrected chi connectivity index (χ1v) is 11.7. The number of aryl methyl sites for hydroxylation is 2. The Morgan fingerprint density at radius 3 is 2.51 bits per heavy atom. The number of rotatable bonds is 4. The van der Waals surface area contributed by atoms with E-state index in [1.54, 1.807) is 30.1 Å². The summed E-state index contributed by atoms with van der Waals surface area (Å²) in [4.78, 5) is 29.1. The van der Waals surface area contributed by atoms with E-state index in [0.29, 0.717) is 27.6 Å². The second-order valence-electron chi connectivity index (χ2n) is 8.93. The fourth-order valence-corrected chi connectivity index (χ4v) is 5.25. The first kappa shape index (κ1) is 23.0. The zero-order valence-corrected chi connectivity index (χ0v) is 20.8. The zero-order chi connectivity index (χ0) is 24.9. The molecule has 0 unspecified atom stereocenters. The van der Waals surface area contributed by atoms with E-state index in [4.69, 9.17) is 16.3 Å². The number of methoxy groups -OCH3 is 1. The molecule has 1 aromatic heterocycles. The monoisotopic (exact) mass is 487 g/mol. The van der Waals surface area contributed by atoms with Gasteiger partial charge in [-0.1, -0.05) is 48.0 Å². The van der Waals surface area contributed by atoms with Crippen LogP contribution in [0.15, 0.2) is 66.9 Å². The predicted molar refractivity (Wildman–Crippen MR) is 138 cm³/mol. The largest absolute Gasteiger partial charge is 0.495 e. The highest BCUT2D eigenvalue weighted by atomic mass is 35.5. The number of fused-ring (bicyclic) bond motifs is 2. The summed E-state index contributed by atoms with van der Waals surface area (Å²) in [5.41, 5.74) is 4.56. The van der Waals surface area contributed by atoms with Crippen molar-refractivity contribution < 1.29 is 14.3 Å². The van der Waals surface area contributed by atoms with Crippen molar-refractivity contribution in [3.8, 4) is 5.75 Å². The van der Waals surface area contributed by atoms with Crippen molar-refractivity contribution in [2.75, 3.05) is 19.5 Å². The molecule has 0 saturated heterocycles. The van der Waals surface area contributed by atoms with Crippen LogP contribution in [0.4, 0.5) is 5.69 Å². The maximum Gasteiger partial charge on any atom is 0.254 e. The molecule has 1 N–H and O–H groups in total. The Morgan fingerprint density at radius 1 is 1.03 bits per heavy atom. The van der Waals surface area contributed by atoms with Crippen LogP contribution in [-0.4, -0.2) is 35.4 Å². The molecule has 0 radical (unpaired) electrons. The van der Waals surface area contributed by atoms with Crippen LogP contribution < -0.4 is 10.1 Å². The van der Waals surface area contributed by atoms with Gasteiger partial charge in [-0.15, -0.1) is 0 Å². The van der Waals surface area contributed by atoms with Crippen molar-refractivity contribution in [1.82, 2.24) is 9.47 Å². The highest BCUT2D eigenvalue weighted by Gasteiger charge is 2.43. The Hall–Kier alpha value is -3.77. The number of anilines is 1. The molecular weight excluding hydrogens is 462 g/mol. The third kappa shape index (κ3) is 3.74. The number of hydrogen-bond donors (Lipinski definition) is 1. The molecule has 0 fully saturated rings. The molecule has 3 aromatic carbocycles. The van der Waals surface area contributed by atoms with Crippen molar-refractivity contribution in [3.63, 3.8) is 0 Å². The van der Waals surface area contributed by atoms with E-state index in [2.05, 4.69) is 5.32 Å². The molecule has 2 heterocycles. The number of para-hydroxylation sites is 1. The molecule has 6 nitrogen and oxygen atoms in total. The lowest BCUT2D eigenvalue weighted by atomic mass is 9.79. The summed E-state index contributed by atoms with van der Waals surface area (Å²) in [6.45, 7) is 1.87. The SMILES string of the molecule is COc1cc(Cl)c(C)cc1NC(=O)[C@@H]1c2ccccc2C(=O)N(C)[C@@H]1c1cn(C)c2ccccc12. The Bertz CT molecular complexity index is 1480. The van der Waals surface area contributed by atoms with Crippen LogP contribution in [0.5, 0.6) is 5.75 Å². The molecular formula is C28H26ClN3O3. The minimum Gasteiger partial charge on any atom is -0.495 e. The van der Waals surface area contributed by atoms with Gasteiger partial charge in [0.05, 0.1) is 24.8 Å². The number of nitrogens with zero attached hydrogens (tertiary/aromatic N) is 2. The highest BCUT2D eigenvalue weighted by molar-refractivity contribution is 6.31. The number of halogens is 1. The Labute approximate surface area is 209 Å². The average molecular weight is 488 g/mol. The number of aromatic nitrogens is 1. The predicted octanol–water partition coefficient (Wildman–Crippen LogP) is 5.70. The van der Waals surface area contributed by atoms with Gasteiger partial charge in [0.1, 0.15) is 5.75 Å². The minimum atomic E-state index is -0.639. The number of nitrogens with one attached hydrogen (secondary N) is 1. The lowest BCUT2D eigenvalue weighted by Crippen LogP contribution is -2.44. The maximum absolute atomic E-state index is 14.0. The van der Waals surface area contributed by atoms with Crippen LogP contribution in [0.2, 0.25) is 5.02 Å². The van der Waals surface area contributed by atoms with Gasteiger partial charge in [-0.05, 0) is 36.2 Å². The van der Waals surface area contributed by atoms with Crippen LogP contribution in [0.1, 0.15) is 39.0 Å². The molecule has 2 atom stereocenters. The second-order valence-corrected chi connectivity index (χ2v) is 9.34. The topological polar surface area (TPSA) is 63.6 Å². The van der Waals surface area contributed by atoms with E-state index < -0.39 is 12.0 Å². The molecule has 0 saturated carbocycles. The van der Waals surface area contributed by atoms with Crippen molar-refractivity contribution in [3.05, 3.63) is 94.1 Å². The number of likely N-dealkylation sites (N-methyl/N-ethyl adjacent to an activating group) is 1. The van der Waals surface area contributed by atoms with Gasteiger partial charge in [0, 0.05) is 53.4 Å². The van der Waals surface area contributed by atoms with E-state index in [-0.39, 0.29) is 11.8 Å². The summed E-state index contributed by atoms with van der Waals surface area (Å²) < 4.78 is 7.51. The van der Waals surface area contributed by atoms with E-state index in [1.807, 2.05) is 67.2 Å². The molecule has 2 amide bonds. The minimum absolute atomic E-state index is 0.109. The van der Waals surface area contributed by atoms with Crippen LogP contribution in [0.3, 0.4) is 0 Å². The molecule has 7 heteroatoms. The summed E-state index contributed by atoms with van der Waals surface area (Å²) in [5, 5.41) is 4.63. The van der Waals surface area contributed by atoms with Gasteiger partial charge in [0.15, 0.2) is 0 Å². The van der Waals surface area contributed by atoms with Gasteiger partial charge in [-0.3, -0.25) is 9.59 Å². The van der Waals surface area contributed by atoms with E-state index in [1.165, 1.54) is 7.11 Å². The summed E-state index contributed by atoms with van der Waals surface area (Å²) in [7, 11) is 5.27. The smallest absolute Gasteiger partial charge is 0.254 e. The summed E-state index contributed by atoms with van der Waals surface area (Å²) in [6.07, 6.45) is 2.01. The molecule has 5 rings (SSSR count). The van der Waals surface area contributed by atoms with Crippen molar-refractivity contribution >= 4 is 40.0 Å². The molecule has 1 aliphatic rings. The quantitative estimate of drug-likeness (QED) is 0.401. The van der Waals surface area contributed by atoms with Crippen molar-refractivity contribution in [1.29, 1.82) is 0 Å². The van der Waals surface area contributed by atoms with Gasteiger partial charge < -0.3 is 19.5 Å². The molecule has 1 aliphatic heterocycles. The number of carbonyl (C=O) groups excluding carboxylic acids is 2. The van der Waals surface area contributed by atoms with Gasteiger partial charge in [0.25, 0.3) is 5.91 Å². The maximum atomic E-state index is 14.0. The third-order valence-corrected chi connectivity index (χ3v) is 7.25. The molecule has 178 valence electrons. The van der Waals surface area contributed by atoms with Gasteiger partial charge in [-0.2, -0.15) is 0 Å². The normalized spacial score (nSPS) is 17.4. The van der Waals surface area contributed by atoms with E-state index in [9.17, 15) is 9.59 Å². The van der Waals surface area contributed by atoms with Crippen molar-refractivity contribution in [2.24, 2.45) is 7.05 Å². The Kier molecular flexibility index (Phi) is 5.77. The number of benzene rings is 3. The zero-order valence-electron chi connectivity index (χ0n) is 20.0. The molecule has 4 aromatic rings. The standard InChI is InChI=1S/C28H26ClN3O3/c1-16-13-22(24(35-4)14-21(16)29)30-27(33)25-18-10-5-6-11-19(18)28(34)32(3)26(25)20-15-31(2)23-12-8-7-9-17(20)23/h5-15,25-26H,1-4H3,(H,30,33)/t25-,26-/m1/s1. The molecule has 0 spiro atoms. The lowest BCUT2D eigenvalue weighted by Gasteiger charge is -2.39. The number of ether oxygens (including phenoxy) is 1. The molecule has 35 heavy (non-hydrogen) atoms. The summed E-state index contributed by atoms with van der Waals surface area (Å²) in [6, 6.07) is 18.4. The van der Waals surface area contributed by atoms with E-state index >= 15 is 0 Å². The van der Waals surface area contributed by atoms with Crippen LogP contribution >= 0.6 is 11.6 Å². The van der Waals surface area contributed by atoms with Crippen LogP contribution in [-0.2, 0) is 11.8 Å². The number of carbonyl (C=O) groups is 2. The van der Waals surface area contributed by atoms with Gasteiger partial charge >= 0.3 is 0 Å². The average Bonchev–Trinajstić information content (AvgIpc) is 3.19. The van der Waals surface area contributed by atoms with Crippen LogP contribution in [0, 0.1) is 6.92 Å². The first-order chi connectivity index (χ1) is 16.8. The lowest BCUT2D eigenvalue weighted by molar-refractivity contribution is -0.119. The van der Waals surface area contributed by atoms with Crippen LogP contribution in [0.25, 0.3) is 10.9 Å². The fourth-order valence-electron chi connectivity index (χ4n) is 5.09. The summed E-state index contributed by atoms with van der Waals surface area (Å²) in [5.74, 6) is -0.498. The van der Waals surface area contributed by atoms with Gasteiger partial charge in [0.2, 0.25) is 5.91 Å². The summed E-state index contributed by atoms with van der Waals surface area (Å²) >= 11 is 6.27. The van der Waals surface area contributed by atoms with E-state index in [0.717, 1.165) is 22.0 Å².